The predicted molar refractivity (Wildman–Crippen MR) is 55.1 cm³/mol. The Morgan fingerprint density at radius 3 is 2.58 bits per heavy atom. The maximum atomic E-state index is 9.96. The maximum absolute atomic E-state index is 9.96. The second-order valence-electron chi connectivity index (χ2n) is 3.74. The van der Waals surface area contributed by atoms with Crippen LogP contribution in [0.5, 0.6) is 0 Å². The van der Waals surface area contributed by atoms with Gasteiger partial charge >= 0.3 is 0 Å². The molecule has 0 aromatic rings. The molecule has 0 bridgehead atoms. The molecule has 2 heteroatoms. The molecule has 0 aromatic carbocycles. The van der Waals surface area contributed by atoms with Crippen molar-refractivity contribution in [3.05, 3.63) is 23.8 Å². The van der Waals surface area contributed by atoms with Crippen LogP contribution in [0.25, 0.3) is 0 Å². The van der Waals surface area contributed by atoms with Crippen LogP contribution in [0, 0.1) is 11.8 Å². The van der Waals surface area contributed by atoms with E-state index in [-0.39, 0.29) is 5.92 Å². The van der Waals surface area contributed by atoms with E-state index in [9.17, 15) is 5.11 Å². The van der Waals surface area contributed by atoms with E-state index in [1.165, 1.54) is 0 Å². The predicted octanol–water partition coefficient (Wildman–Crippen LogP) is 2.86. The van der Waals surface area contributed by atoms with E-state index in [1.807, 2.05) is 13.0 Å². The molecule has 0 saturated carbocycles. The van der Waals surface area contributed by atoms with Gasteiger partial charge in [-0.25, -0.2) is 0 Å². The van der Waals surface area contributed by atoms with Crippen molar-refractivity contribution in [1.82, 2.24) is 0 Å². The van der Waals surface area contributed by atoms with E-state index in [4.69, 9.17) is 0 Å². The molecular weight excluding hydrogens is 216 g/mol. The molecule has 0 aliphatic heterocycles. The van der Waals surface area contributed by atoms with Crippen molar-refractivity contribution in [2.75, 3.05) is 0 Å². The van der Waals surface area contributed by atoms with E-state index in [0.29, 0.717) is 5.92 Å². The molecule has 0 fully saturated rings. The molecule has 1 N–H and O–H groups in total. The normalized spacial score (nSPS) is 35.5. The van der Waals surface area contributed by atoms with E-state index in [0.717, 1.165) is 5.57 Å². The van der Waals surface area contributed by atoms with Gasteiger partial charge in [-0.2, -0.15) is 0 Å². The SMILES string of the molecule is CC1=CC(O)(Br)C(C(C)C)C=C1. The highest BCUT2D eigenvalue weighted by Crippen LogP contribution is 2.37. The van der Waals surface area contributed by atoms with Gasteiger partial charge < -0.3 is 5.11 Å². The number of hydrogen-bond acceptors (Lipinski definition) is 1. The average molecular weight is 231 g/mol. The molecule has 2 unspecified atom stereocenters. The van der Waals surface area contributed by atoms with Gasteiger partial charge in [-0.1, -0.05) is 31.6 Å². The summed E-state index contributed by atoms with van der Waals surface area (Å²) in [5.41, 5.74) is 1.10. The topological polar surface area (TPSA) is 20.2 Å². The summed E-state index contributed by atoms with van der Waals surface area (Å²) in [5, 5.41) is 9.96. The maximum Gasteiger partial charge on any atom is 0.145 e. The largest absolute Gasteiger partial charge is 0.375 e. The molecule has 0 heterocycles. The number of halogens is 1. The molecule has 1 rings (SSSR count). The first-order valence-electron chi connectivity index (χ1n) is 4.22. The molecule has 0 spiro atoms. The van der Waals surface area contributed by atoms with Crippen LogP contribution in [0.4, 0.5) is 0 Å². The van der Waals surface area contributed by atoms with E-state index in [1.54, 1.807) is 0 Å². The Bertz CT molecular complexity index is 226. The van der Waals surface area contributed by atoms with Crippen molar-refractivity contribution >= 4 is 15.9 Å². The summed E-state index contributed by atoms with van der Waals surface area (Å²) in [6.07, 6.45) is 5.98. The average Bonchev–Trinajstić information content (AvgIpc) is 1.82. The Kier molecular flexibility index (Phi) is 2.79. The summed E-state index contributed by atoms with van der Waals surface area (Å²) in [7, 11) is 0. The lowest BCUT2D eigenvalue weighted by atomic mass is 9.85. The lowest BCUT2D eigenvalue weighted by Crippen LogP contribution is -2.33. The zero-order valence-corrected chi connectivity index (χ0v) is 9.30. The first kappa shape index (κ1) is 10.0. The van der Waals surface area contributed by atoms with Gasteiger partial charge in [0.15, 0.2) is 0 Å². The quantitative estimate of drug-likeness (QED) is 0.688. The summed E-state index contributed by atoms with van der Waals surface area (Å²) in [6, 6.07) is 0. The third-order valence-electron chi connectivity index (χ3n) is 2.18. The molecule has 12 heavy (non-hydrogen) atoms. The van der Waals surface area contributed by atoms with Crippen LogP contribution in [0.2, 0.25) is 0 Å². The number of rotatable bonds is 1. The fraction of sp³-hybridized carbons (Fsp3) is 0.600. The highest BCUT2D eigenvalue weighted by atomic mass is 79.9. The molecule has 2 atom stereocenters. The van der Waals surface area contributed by atoms with Crippen molar-refractivity contribution in [1.29, 1.82) is 0 Å². The summed E-state index contributed by atoms with van der Waals surface area (Å²) in [6.45, 7) is 6.20. The fourth-order valence-corrected chi connectivity index (χ4v) is 2.59. The Morgan fingerprint density at radius 2 is 2.17 bits per heavy atom. The van der Waals surface area contributed by atoms with E-state index >= 15 is 0 Å². The molecule has 1 aliphatic rings. The third-order valence-corrected chi connectivity index (χ3v) is 2.94. The standard InChI is InChI=1S/C10H15BrO/c1-7(2)9-5-4-8(3)6-10(9,11)12/h4-7,9,12H,1-3H3. The number of allylic oxidation sites excluding steroid dienone is 2. The third kappa shape index (κ3) is 1.99. The Hall–Kier alpha value is -0.0800. The van der Waals surface area contributed by atoms with Gasteiger partial charge in [0.25, 0.3) is 0 Å². The van der Waals surface area contributed by atoms with Crippen molar-refractivity contribution in [2.24, 2.45) is 11.8 Å². The zero-order valence-electron chi connectivity index (χ0n) is 7.71. The van der Waals surface area contributed by atoms with Crippen LogP contribution in [-0.4, -0.2) is 9.62 Å². The number of aliphatic hydroxyl groups is 1. The van der Waals surface area contributed by atoms with Gasteiger partial charge in [0.1, 0.15) is 4.51 Å². The van der Waals surface area contributed by atoms with Crippen molar-refractivity contribution in [3.8, 4) is 0 Å². The molecule has 0 saturated heterocycles. The smallest absolute Gasteiger partial charge is 0.145 e. The van der Waals surface area contributed by atoms with Crippen molar-refractivity contribution in [3.63, 3.8) is 0 Å². The lowest BCUT2D eigenvalue weighted by molar-refractivity contribution is 0.121. The summed E-state index contributed by atoms with van der Waals surface area (Å²) in [5.74, 6) is 0.608. The number of alkyl halides is 1. The van der Waals surface area contributed by atoms with E-state index in [2.05, 4.69) is 41.9 Å². The first-order valence-corrected chi connectivity index (χ1v) is 5.01. The van der Waals surface area contributed by atoms with Crippen LogP contribution >= 0.6 is 15.9 Å². The highest BCUT2D eigenvalue weighted by molar-refractivity contribution is 9.10. The second-order valence-corrected chi connectivity index (χ2v) is 5.02. The fourth-order valence-electron chi connectivity index (χ4n) is 1.54. The van der Waals surface area contributed by atoms with Crippen LogP contribution < -0.4 is 0 Å². The minimum absolute atomic E-state index is 0.168. The summed E-state index contributed by atoms with van der Waals surface area (Å²) < 4.78 is -0.847. The van der Waals surface area contributed by atoms with Gasteiger partial charge in [0.05, 0.1) is 0 Å². The van der Waals surface area contributed by atoms with Gasteiger partial charge in [-0.3, -0.25) is 0 Å². The Labute approximate surface area is 82.3 Å². The number of hydrogen-bond donors (Lipinski definition) is 1. The van der Waals surface area contributed by atoms with Gasteiger partial charge in [0.2, 0.25) is 0 Å². The lowest BCUT2D eigenvalue weighted by Gasteiger charge is -2.32. The summed E-state index contributed by atoms with van der Waals surface area (Å²) >= 11 is 3.33. The van der Waals surface area contributed by atoms with Crippen LogP contribution in [0.1, 0.15) is 20.8 Å². The molecular formula is C10H15BrO. The monoisotopic (exact) mass is 230 g/mol. The van der Waals surface area contributed by atoms with Crippen molar-refractivity contribution < 1.29 is 5.11 Å². The summed E-state index contributed by atoms with van der Waals surface area (Å²) in [4.78, 5) is 0. The molecule has 0 radical (unpaired) electrons. The Morgan fingerprint density at radius 1 is 1.58 bits per heavy atom. The van der Waals surface area contributed by atoms with E-state index < -0.39 is 4.51 Å². The minimum Gasteiger partial charge on any atom is -0.375 e. The first-order chi connectivity index (χ1) is 5.43. The molecule has 1 aliphatic carbocycles. The Balaban J connectivity index is 2.89. The minimum atomic E-state index is -0.847. The van der Waals surface area contributed by atoms with Crippen molar-refractivity contribution in [2.45, 2.75) is 25.3 Å². The highest BCUT2D eigenvalue weighted by Gasteiger charge is 2.33. The van der Waals surface area contributed by atoms with Crippen LogP contribution in [0.15, 0.2) is 23.8 Å². The van der Waals surface area contributed by atoms with Gasteiger partial charge in [0, 0.05) is 5.92 Å². The zero-order chi connectivity index (χ0) is 9.35. The second kappa shape index (κ2) is 3.35. The molecule has 0 aromatic heterocycles. The molecule has 0 amide bonds. The van der Waals surface area contributed by atoms with Crippen LogP contribution in [-0.2, 0) is 0 Å². The molecule has 1 nitrogen and oxygen atoms in total. The van der Waals surface area contributed by atoms with Gasteiger partial charge in [-0.15, -0.1) is 0 Å². The van der Waals surface area contributed by atoms with Gasteiger partial charge in [-0.05, 0) is 34.8 Å². The molecule has 68 valence electrons. The van der Waals surface area contributed by atoms with Crippen LogP contribution in [0.3, 0.4) is 0 Å².